The molecule has 0 unspecified atom stereocenters. The Morgan fingerprint density at radius 1 is 1.08 bits per heavy atom. The second kappa shape index (κ2) is 6.81. The Morgan fingerprint density at radius 3 is 2.48 bits per heavy atom. The van der Waals surface area contributed by atoms with E-state index >= 15 is 0 Å². The zero-order valence-electron chi connectivity index (χ0n) is 14.5. The number of anilines is 1. The first-order valence-electron chi connectivity index (χ1n) is 8.17. The first kappa shape index (κ1) is 16.8. The highest BCUT2D eigenvalue weighted by Gasteiger charge is 2.15. The normalized spacial score (nSPS) is 10.7. The number of hydrogen-bond donors (Lipinski definition) is 2. The fraction of sp³-hybridized carbons (Fsp3) is 0.200. The van der Waals surface area contributed by atoms with Crippen molar-refractivity contribution in [3.05, 3.63) is 64.8 Å². The van der Waals surface area contributed by atoms with Gasteiger partial charge in [0.1, 0.15) is 5.69 Å². The molecule has 0 saturated heterocycles. The van der Waals surface area contributed by atoms with E-state index in [2.05, 4.69) is 16.4 Å². The summed E-state index contributed by atoms with van der Waals surface area (Å²) >= 11 is 0. The molecule has 2 aromatic carbocycles. The average molecular weight is 336 g/mol. The summed E-state index contributed by atoms with van der Waals surface area (Å²) in [5, 5.41) is 3.89. The number of benzene rings is 2. The predicted octanol–water partition coefficient (Wildman–Crippen LogP) is 4.21. The number of fused-ring (bicyclic) bond motifs is 1. The number of H-pyrrole nitrogens is 1. The van der Waals surface area contributed by atoms with Crippen LogP contribution in [0, 0.1) is 13.8 Å². The van der Waals surface area contributed by atoms with Crippen LogP contribution in [-0.4, -0.2) is 23.5 Å². The monoisotopic (exact) mass is 336 g/mol. The average Bonchev–Trinajstić information content (AvgIpc) is 2.92. The number of esters is 1. The number of ether oxygens (including phenoxy) is 1. The lowest BCUT2D eigenvalue weighted by Crippen LogP contribution is -2.13. The highest BCUT2D eigenvalue weighted by atomic mass is 16.5. The fourth-order valence-electron chi connectivity index (χ4n) is 2.77. The molecule has 0 atom stereocenters. The Hall–Kier alpha value is -3.08. The number of rotatable bonds is 4. The molecule has 0 bridgehead atoms. The van der Waals surface area contributed by atoms with Crippen LogP contribution in [-0.2, 0) is 4.74 Å². The van der Waals surface area contributed by atoms with Gasteiger partial charge in [0.2, 0.25) is 0 Å². The minimum Gasteiger partial charge on any atom is -0.462 e. The molecule has 0 saturated carbocycles. The van der Waals surface area contributed by atoms with E-state index in [-0.39, 0.29) is 11.9 Å². The van der Waals surface area contributed by atoms with E-state index < -0.39 is 0 Å². The van der Waals surface area contributed by atoms with Gasteiger partial charge in [-0.15, -0.1) is 0 Å². The molecule has 2 N–H and O–H groups in total. The van der Waals surface area contributed by atoms with Gasteiger partial charge in [-0.25, -0.2) is 4.79 Å². The third kappa shape index (κ3) is 3.40. The van der Waals surface area contributed by atoms with Crippen LogP contribution in [0.5, 0.6) is 0 Å². The van der Waals surface area contributed by atoms with Crippen molar-refractivity contribution >= 4 is 28.5 Å². The molecule has 0 fully saturated rings. The van der Waals surface area contributed by atoms with Crippen LogP contribution < -0.4 is 5.32 Å². The van der Waals surface area contributed by atoms with Crippen molar-refractivity contribution < 1.29 is 14.3 Å². The molecule has 3 aromatic rings. The van der Waals surface area contributed by atoms with Crippen molar-refractivity contribution in [1.82, 2.24) is 4.98 Å². The molecule has 0 spiro atoms. The van der Waals surface area contributed by atoms with E-state index in [4.69, 9.17) is 4.74 Å². The summed E-state index contributed by atoms with van der Waals surface area (Å²) < 4.78 is 4.95. The van der Waals surface area contributed by atoms with E-state index in [0.29, 0.717) is 23.6 Å². The second-order valence-corrected chi connectivity index (χ2v) is 5.93. The van der Waals surface area contributed by atoms with Crippen molar-refractivity contribution in [2.24, 2.45) is 0 Å². The quantitative estimate of drug-likeness (QED) is 0.701. The molecule has 0 aliphatic rings. The number of aromatic amines is 1. The van der Waals surface area contributed by atoms with Gasteiger partial charge in [-0.1, -0.05) is 11.6 Å². The third-order valence-corrected chi connectivity index (χ3v) is 4.09. The maximum Gasteiger partial charge on any atom is 0.338 e. The lowest BCUT2D eigenvalue weighted by atomic mass is 10.1. The molecule has 0 aliphatic heterocycles. The molecule has 5 nitrogen and oxygen atoms in total. The SMILES string of the molecule is CCOC(=O)c1ccc(NC(=O)c2[nH]c3ccc(C)cc3c2C)cc1. The Balaban J connectivity index is 1.80. The lowest BCUT2D eigenvalue weighted by Gasteiger charge is -2.06. The molecule has 1 aromatic heterocycles. The van der Waals surface area contributed by atoms with Gasteiger partial charge >= 0.3 is 5.97 Å². The van der Waals surface area contributed by atoms with Crippen LogP contribution in [0.3, 0.4) is 0 Å². The molecule has 5 heteroatoms. The molecular weight excluding hydrogens is 316 g/mol. The summed E-state index contributed by atoms with van der Waals surface area (Å²) in [6, 6.07) is 12.7. The van der Waals surface area contributed by atoms with Crippen LogP contribution in [0.2, 0.25) is 0 Å². The van der Waals surface area contributed by atoms with Gasteiger partial charge in [0, 0.05) is 16.6 Å². The molecule has 25 heavy (non-hydrogen) atoms. The standard InChI is InChI=1S/C20H20N2O3/c1-4-25-20(24)14-6-8-15(9-7-14)21-19(23)18-13(3)16-11-12(2)5-10-17(16)22-18/h5-11,22H,4H2,1-3H3,(H,21,23). The van der Waals surface area contributed by atoms with Gasteiger partial charge < -0.3 is 15.0 Å². The Bertz CT molecular complexity index is 939. The van der Waals surface area contributed by atoms with Gasteiger partial charge in [-0.05, 0) is 62.7 Å². The van der Waals surface area contributed by atoms with Crippen LogP contribution in [0.25, 0.3) is 10.9 Å². The van der Waals surface area contributed by atoms with Crippen LogP contribution in [0.1, 0.15) is 38.9 Å². The molecule has 0 aliphatic carbocycles. The Labute approximate surface area is 146 Å². The van der Waals surface area contributed by atoms with Gasteiger partial charge in [0.25, 0.3) is 5.91 Å². The highest BCUT2D eigenvalue weighted by Crippen LogP contribution is 2.23. The fourth-order valence-corrected chi connectivity index (χ4v) is 2.77. The minimum absolute atomic E-state index is 0.213. The van der Waals surface area contributed by atoms with Crippen molar-refractivity contribution in [2.45, 2.75) is 20.8 Å². The largest absolute Gasteiger partial charge is 0.462 e. The number of carbonyl (C=O) groups excluding carboxylic acids is 2. The summed E-state index contributed by atoms with van der Waals surface area (Å²) in [7, 11) is 0. The lowest BCUT2D eigenvalue weighted by molar-refractivity contribution is 0.0526. The summed E-state index contributed by atoms with van der Waals surface area (Å²) in [6.07, 6.45) is 0. The number of aryl methyl sites for hydroxylation is 2. The van der Waals surface area contributed by atoms with Crippen molar-refractivity contribution in [1.29, 1.82) is 0 Å². The smallest absolute Gasteiger partial charge is 0.338 e. The maximum absolute atomic E-state index is 12.6. The number of amides is 1. The van der Waals surface area contributed by atoms with E-state index in [1.165, 1.54) is 0 Å². The molecule has 0 radical (unpaired) electrons. The molecule has 1 heterocycles. The van der Waals surface area contributed by atoms with Crippen LogP contribution >= 0.6 is 0 Å². The zero-order chi connectivity index (χ0) is 18.0. The summed E-state index contributed by atoms with van der Waals surface area (Å²) in [5.41, 5.74) is 4.61. The molecule has 1 amide bonds. The predicted molar refractivity (Wildman–Crippen MR) is 98.1 cm³/mol. The molecule has 128 valence electrons. The Morgan fingerprint density at radius 2 is 1.80 bits per heavy atom. The second-order valence-electron chi connectivity index (χ2n) is 5.93. The van der Waals surface area contributed by atoms with Gasteiger partial charge in [0.15, 0.2) is 0 Å². The number of carbonyl (C=O) groups is 2. The summed E-state index contributed by atoms with van der Waals surface area (Å²) in [4.78, 5) is 27.4. The number of nitrogens with one attached hydrogen (secondary N) is 2. The minimum atomic E-state index is -0.373. The first-order chi connectivity index (χ1) is 12.0. The number of aromatic nitrogens is 1. The summed E-state index contributed by atoms with van der Waals surface area (Å²) in [5.74, 6) is -0.586. The first-order valence-corrected chi connectivity index (χ1v) is 8.17. The van der Waals surface area contributed by atoms with E-state index in [1.54, 1.807) is 31.2 Å². The van der Waals surface area contributed by atoms with Gasteiger partial charge in [-0.2, -0.15) is 0 Å². The molecule has 3 rings (SSSR count). The Kier molecular flexibility index (Phi) is 4.57. The third-order valence-electron chi connectivity index (χ3n) is 4.09. The topological polar surface area (TPSA) is 71.2 Å². The van der Waals surface area contributed by atoms with Crippen LogP contribution in [0.15, 0.2) is 42.5 Å². The number of hydrogen-bond acceptors (Lipinski definition) is 3. The van der Waals surface area contributed by atoms with E-state index in [9.17, 15) is 9.59 Å². The maximum atomic E-state index is 12.6. The van der Waals surface area contributed by atoms with Gasteiger partial charge in [0.05, 0.1) is 12.2 Å². The van der Waals surface area contributed by atoms with E-state index in [1.807, 2.05) is 26.0 Å². The van der Waals surface area contributed by atoms with Gasteiger partial charge in [-0.3, -0.25) is 4.79 Å². The van der Waals surface area contributed by atoms with Crippen LogP contribution in [0.4, 0.5) is 5.69 Å². The summed E-state index contributed by atoms with van der Waals surface area (Å²) in [6.45, 7) is 6.04. The molecular formula is C20H20N2O3. The highest BCUT2D eigenvalue weighted by molar-refractivity contribution is 6.08. The van der Waals surface area contributed by atoms with E-state index in [0.717, 1.165) is 22.0 Å². The van der Waals surface area contributed by atoms with Crippen molar-refractivity contribution in [3.63, 3.8) is 0 Å². The zero-order valence-corrected chi connectivity index (χ0v) is 14.5. The van der Waals surface area contributed by atoms with Crippen molar-refractivity contribution in [3.8, 4) is 0 Å². The van der Waals surface area contributed by atoms with Crippen molar-refractivity contribution in [2.75, 3.05) is 11.9 Å².